The Morgan fingerprint density at radius 2 is 1.91 bits per heavy atom. The van der Waals surface area contributed by atoms with E-state index in [1.807, 2.05) is 6.07 Å². The molecule has 0 bridgehead atoms. The third kappa shape index (κ3) is 5.27. The van der Waals surface area contributed by atoms with Crippen molar-refractivity contribution in [2.75, 3.05) is 18.0 Å². The Hall–Kier alpha value is -0.970. The lowest BCUT2D eigenvalue weighted by Crippen LogP contribution is -2.39. The normalized spacial score (nSPS) is 26.3. The van der Waals surface area contributed by atoms with E-state index in [1.165, 1.54) is 12.1 Å². The lowest BCUT2D eigenvalue weighted by molar-refractivity contribution is -0.122. The molecule has 3 N–H and O–H groups in total. The molecule has 130 valence electrons. The fourth-order valence-corrected chi connectivity index (χ4v) is 3.60. The molecular formula is C17H27Cl2N3O. The number of nitrogens with one attached hydrogen (secondary N) is 1. The molecule has 4 nitrogen and oxygen atoms in total. The fourth-order valence-electron chi connectivity index (χ4n) is 3.60. The molecule has 1 unspecified atom stereocenters. The fraction of sp³-hybridized carbons (Fsp3) is 0.588. The SMILES string of the molecule is Cl.Cl.N[C@@H]1CCC[C@H]1CC(=O)NC1CCN(c2ccccc2)C1. The zero-order valence-corrected chi connectivity index (χ0v) is 15.0. The van der Waals surface area contributed by atoms with Gasteiger partial charge in [-0.05, 0) is 37.3 Å². The van der Waals surface area contributed by atoms with E-state index in [0.29, 0.717) is 12.3 Å². The van der Waals surface area contributed by atoms with Crippen molar-refractivity contribution < 1.29 is 4.79 Å². The average Bonchev–Trinajstić information content (AvgIpc) is 3.10. The zero-order valence-electron chi connectivity index (χ0n) is 13.3. The summed E-state index contributed by atoms with van der Waals surface area (Å²) in [5.74, 6) is 0.564. The number of amides is 1. The highest BCUT2D eigenvalue weighted by Gasteiger charge is 2.28. The van der Waals surface area contributed by atoms with Crippen molar-refractivity contribution in [1.82, 2.24) is 5.32 Å². The zero-order chi connectivity index (χ0) is 14.7. The van der Waals surface area contributed by atoms with Gasteiger partial charge in [0.2, 0.25) is 5.91 Å². The maximum absolute atomic E-state index is 12.2. The van der Waals surface area contributed by atoms with Crippen molar-refractivity contribution in [1.29, 1.82) is 0 Å². The molecule has 2 aliphatic rings. The van der Waals surface area contributed by atoms with Gasteiger partial charge in [-0.2, -0.15) is 0 Å². The molecule has 3 rings (SSSR count). The minimum absolute atomic E-state index is 0. The van der Waals surface area contributed by atoms with Gasteiger partial charge >= 0.3 is 0 Å². The van der Waals surface area contributed by atoms with Gasteiger partial charge in [0, 0.05) is 37.3 Å². The van der Waals surface area contributed by atoms with Crippen LogP contribution in [0.3, 0.4) is 0 Å². The van der Waals surface area contributed by atoms with Gasteiger partial charge in [-0.25, -0.2) is 0 Å². The molecule has 1 aliphatic carbocycles. The topological polar surface area (TPSA) is 58.4 Å². The van der Waals surface area contributed by atoms with E-state index >= 15 is 0 Å². The van der Waals surface area contributed by atoms with E-state index in [2.05, 4.69) is 34.5 Å². The van der Waals surface area contributed by atoms with E-state index in [-0.39, 0.29) is 42.8 Å². The third-order valence-corrected chi connectivity index (χ3v) is 4.84. The molecule has 1 saturated heterocycles. The van der Waals surface area contributed by atoms with Gasteiger partial charge < -0.3 is 16.0 Å². The summed E-state index contributed by atoms with van der Waals surface area (Å²) in [5.41, 5.74) is 7.29. The maximum atomic E-state index is 12.2. The summed E-state index contributed by atoms with van der Waals surface area (Å²) in [6.07, 6.45) is 4.98. The summed E-state index contributed by atoms with van der Waals surface area (Å²) < 4.78 is 0. The molecule has 1 heterocycles. The average molecular weight is 360 g/mol. The monoisotopic (exact) mass is 359 g/mol. The van der Waals surface area contributed by atoms with E-state index < -0.39 is 0 Å². The van der Waals surface area contributed by atoms with Crippen LogP contribution in [-0.4, -0.2) is 31.1 Å². The number of nitrogens with two attached hydrogens (primary N) is 1. The number of hydrogen-bond acceptors (Lipinski definition) is 3. The minimum atomic E-state index is 0. The van der Waals surface area contributed by atoms with Crippen molar-refractivity contribution in [2.24, 2.45) is 11.7 Å². The summed E-state index contributed by atoms with van der Waals surface area (Å²) in [6.45, 7) is 1.92. The molecule has 1 saturated carbocycles. The number of nitrogens with zero attached hydrogens (tertiary/aromatic N) is 1. The number of hydrogen-bond donors (Lipinski definition) is 2. The van der Waals surface area contributed by atoms with E-state index in [9.17, 15) is 4.79 Å². The predicted molar refractivity (Wildman–Crippen MR) is 99.6 cm³/mol. The van der Waals surface area contributed by atoms with Crippen LogP contribution < -0.4 is 16.0 Å². The van der Waals surface area contributed by atoms with Crippen LogP contribution >= 0.6 is 24.8 Å². The second-order valence-corrected chi connectivity index (χ2v) is 6.39. The molecule has 1 aromatic rings. The predicted octanol–water partition coefficient (Wildman–Crippen LogP) is 2.74. The number of carbonyl (C=O) groups excluding carboxylic acids is 1. The van der Waals surface area contributed by atoms with Gasteiger partial charge in [-0.3, -0.25) is 4.79 Å². The molecule has 1 aliphatic heterocycles. The smallest absolute Gasteiger partial charge is 0.220 e. The third-order valence-electron chi connectivity index (χ3n) is 4.84. The Morgan fingerprint density at radius 3 is 2.57 bits per heavy atom. The van der Waals surface area contributed by atoms with Crippen LogP contribution in [0.4, 0.5) is 5.69 Å². The molecule has 0 aromatic heterocycles. The van der Waals surface area contributed by atoms with Crippen molar-refractivity contribution in [2.45, 2.75) is 44.2 Å². The molecule has 23 heavy (non-hydrogen) atoms. The summed E-state index contributed by atoms with van der Waals surface area (Å²) in [4.78, 5) is 14.5. The summed E-state index contributed by atoms with van der Waals surface area (Å²) in [5, 5.41) is 3.19. The Labute approximate surface area is 151 Å². The molecule has 1 amide bonds. The van der Waals surface area contributed by atoms with E-state index in [0.717, 1.165) is 32.4 Å². The Balaban J connectivity index is 0.00000132. The standard InChI is InChI=1S/C17H25N3O.2ClH/c18-16-8-4-5-13(16)11-17(21)19-14-9-10-20(12-14)15-6-2-1-3-7-15;;/h1-3,6-7,13-14,16H,4-5,8-12,18H2,(H,19,21);2*1H/t13-,14?,16+;;/m0../s1. The second kappa shape index (κ2) is 9.36. The molecule has 3 atom stereocenters. The maximum Gasteiger partial charge on any atom is 0.220 e. The quantitative estimate of drug-likeness (QED) is 0.868. The first-order valence-corrected chi connectivity index (χ1v) is 8.07. The second-order valence-electron chi connectivity index (χ2n) is 6.39. The highest BCUT2D eigenvalue weighted by atomic mass is 35.5. The first-order valence-electron chi connectivity index (χ1n) is 8.07. The van der Waals surface area contributed by atoms with Crippen LogP contribution in [0, 0.1) is 5.92 Å². The summed E-state index contributed by atoms with van der Waals surface area (Å²) >= 11 is 0. The first-order chi connectivity index (χ1) is 10.2. The first kappa shape index (κ1) is 20.1. The number of benzene rings is 1. The summed E-state index contributed by atoms with van der Waals surface area (Å²) in [7, 11) is 0. The molecule has 0 spiro atoms. The largest absolute Gasteiger partial charge is 0.369 e. The molecule has 2 fully saturated rings. The van der Waals surface area contributed by atoms with Crippen LogP contribution in [0.2, 0.25) is 0 Å². The number of para-hydroxylation sites is 1. The molecular weight excluding hydrogens is 333 g/mol. The highest BCUT2D eigenvalue weighted by molar-refractivity contribution is 5.85. The molecule has 6 heteroatoms. The van der Waals surface area contributed by atoms with Crippen LogP contribution in [0.25, 0.3) is 0 Å². The van der Waals surface area contributed by atoms with Crippen LogP contribution in [0.15, 0.2) is 30.3 Å². The van der Waals surface area contributed by atoms with Gasteiger partial charge in [0.1, 0.15) is 0 Å². The van der Waals surface area contributed by atoms with Gasteiger partial charge in [-0.15, -0.1) is 24.8 Å². The van der Waals surface area contributed by atoms with Crippen LogP contribution in [0.1, 0.15) is 32.1 Å². The number of anilines is 1. The van der Waals surface area contributed by atoms with Crippen LogP contribution in [-0.2, 0) is 4.79 Å². The number of halogens is 2. The number of rotatable bonds is 4. The Kier molecular flexibility index (Phi) is 8.17. The Morgan fingerprint density at radius 1 is 1.17 bits per heavy atom. The van der Waals surface area contributed by atoms with Gasteiger partial charge in [0.05, 0.1) is 0 Å². The molecule has 0 radical (unpaired) electrons. The van der Waals surface area contributed by atoms with Gasteiger partial charge in [0.25, 0.3) is 0 Å². The molecule has 1 aromatic carbocycles. The van der Waals surface area contributed by atoms with Gasteiger partial charge in [-0.1, -0.05) is 24.6 Å². The number of carbonyl (C=O) groups is 1. The highest BCUT2D eigenvalue weighted by Crippen LogP contribution is 2.27. The van der Waals surface area contributed by atoms with Crippen molar-refractivity contribution in [3.05, 3.63) is 30.3 Å². The van der Waals surface area contributed by atoms with Gasteiger partial charge in [0.15, 0.2) is 0 Å². The van der Waals surface area contributed by atoms with Crippen LogP contribution in [0.5, 0.6) is 0 Å². The Bertz CT molecular complexity index is 486. The van der Waals surface area contributed by atoms with E-state index in [4.69, 9.17) is 5.73 Å². The van der Waals surface area contributed by atoms with Crippen molar-refractivity contribution in [3.8, 4) is 0 Å². The van der Waals surface area contributed by atoms with Crippen molar-refractivity contribution in [3.63, 3.8) is 0 Å². The van der Waals surface area contributed by atoms with E-state index in [1.54, 1.807) is 0 Å². The lowest BCUT2D eigenvalue weighted by atomic mass is 9.99. The van der Waals surface area contributed by atoms with Crippen molar-refractivity contribution >= 4 is 36.4 Å². The minimum Gasteiger partial charge on any atom is -0.369 e. The lowest BCUT2D eigenvalue weighted by Gasteiger charge is -2.20. The summed E-state index contributed by atoms with van der Waals surface area (Å²) in [6, 6.07) is 10.9.